The van der Waals surface area contributed by atoms with Crippen LogP contribution in [0.25, 0.3) is 0 Å². The van der Waals surface area contributed by atoms with Crippen molar-refractivity contribution in [3.05, 3.63) is 48.6 Å². The molecule has 0 spiro atoms. The Kier molecular flexibility index (Phi) is 50.0. The zero-order valence-corrected chi connectivity index (χ0v) is 42.7. The van der Waals surface area contributed by atoms with Gasteiger partial charge in [-0.1, -0.05) is 262 Å². The molecule has 0 aliphatic rings. The van der Waals surface area contributed by atoms with E-state index in [1.165, 1.54) is 161 Å². The van der Waals surface area contributed by atoms with E-state index in [1.807, 2.05) is 0 Å². The molecule has 0 aromatic rings. The third kappa shape index (κ3) is 46.4. The predicted octanol–water partition coefficient (Wildman–Crippen LogP) is 17.0. The molecule has 1 amide bonds. The molecule has 0 saturated heterocycles. The first-order valence-corrected chi connectivity index (χ1v) is 27.9. The number of aliphatic hydroxyl groups is 2. The average Bonchev–Trinajstić information content (AvgIpc) is 3.29. The first-order chi connectivity index (χ1) is 31.5. The van der Waals surface area contributed by atoms with E-state index in [4.69, 9.17) is 4.74 Å². The number of amides is 1. The largest absolute Gasteiger partial charge is 0.462 e. The average molecular weight is 898 g/mol. The van der Waals surface area contributed by atoms with Gasteiger partial charge in [-0.05, 0) is 57.8 Å². The summed E-state index contributed by atoms with van der Waals surface area (Å²) < 4.78 is 5.92. The standard InChI is InChI=1S/C58H107NO5/c1-4-7-10-13-16-19-22-25-28-30-33-36-39-42-45-48-51-58(63)64-54(49-46-43-40-37-34-31-27-24-21-18-15-12-9-6-3)52-57(62)59-55(53-60)56(61)50-47-44-41-38-35-32-29-26-23-20-17-14-11-8-5-2/h9,12,18,21,27,31,37,40,54-56,60-61H,4-8,10-11,13-17,19-20,22-26,28-30,32-36,38-39,41-53H2,1-3H3,(H,59,62)/b12-9+,21-18+,31-27+,40-37+. The van der Waals surface area contributed by atoms with Crippen molar-refractivity contribution < 1.29 is 24.5 Å². The fourth-order valence-electron chi connectivity index (χ4n) is 8.49. The number of hydrogen-bond donors (Lipinski definition) is 3. The summed E-state index contributed by atoms with van der Waals surface area (Å²) in [5, 5.41) is 23.8. The lowest BCUT2D eigenvalue weighted by Crippen LogP contribution is -2.46. The third-order valence-electron chi connectivity index (χ3n) is 12.7. The van der Waals surface area contributed by atoms with E-state index in [1.54, 1.807) is 0 Å². The highest BCUT2D eigenvalue weighted by Crippen LogP contribution is 2.18. The topological polar surface area (TPSA) is 95.9 Å². The lowest BCUT2D eigenvalue weighted by molar-refractivity contribution is -0.151. The maximum atomic E-state index is 13.2. The summed E-state index contributed by atoms with van der Waals surface area (Å²) in [6.07, 6.45) is 63.2. The van der Waals surface area contributed by atoms with Gasteiger partial charge in [0.05, 0.1) is 25.2 Å². The zero-order valence-electron chi connectivity index (χ0n) is 42.7. The molecule has 0 fully saturated rings. The van der Waals surface area contributed by atoms with E-state index >= 15 is 0 Å². The summed E-state index contributed by atoms with van der Waals surface area (Å²) in [7, 11) is 0. The van der Waals surface area contributed by atoms with Crippen LogP contribution in [-0.4, -0.2) is 46.9 Å². The summed E-state index contributed by atoms with van der Waals surface area (Å²) in [6, 6.07) is -0.718. The Morgan fingerprint density at radius 2 is 0.844 bits per heavy atom. The second kappa shape index (κ2) is 51.8. The Labute approximate surface area is 397 Å². The summed E-state index contributed by atoms with van der Waals surface area (Å²) in [4.78, 5) is 26.2. The Balaban J connectivity index is 4.59. The third-order valence-corrected chi connectivity index (χ3v) is 12.7. The van der Waals surface area contributed by atoms with Gasteiger partial charge in [-0.25, -0.2) is 0 Å². The van der Waals surface area contributed by atoms with Crippen LogP contribution in [0, 0.1) is 0 Å². The lowest BCUT2D eigenvalue weighted by Gasteiger charge is -2.24. The Morgan fingerprint density at radius 1 is 0.469 bits per heavy atom. The SMILES string of the molecule is CC/C=C/C/C=C/C/C=C/C/C=C/CCCC(CC(=O)NC(CO)C(O)CCCCCCCCCCCCCCCCC)OC(=O)CCCCCCCCCCCCCCCCCC. The second-order valence-electron chi connectivity index (χ2n) is 19.0. The van der Waals surface area contributed by atoms with E-state index in [2.05, 4.69) is 74.7 Å². The van der Waals surface area contributed by atoms with Gasteiger partial charge in [0.15, 0.2) is 0 Å². The van der Waals surface area contributed by atoms with Crippen LogP contribution in [-0.2, 0) is 14.3 Å². The van der Waals surface area contributed by atoms with E-state index < -0.39 is 18.2 Å². The molecule has 6 nitrogen and oxygen atoms in total. The Hall–Kier alpha value is -2.18. The summed E-state index contributed by atoms with van der Waals surface area (Å²) in [5.74, 6) is -0.517. The summed E-state index contributed by atoms with van der Waals surface area (Å²) >= 11 is 0. The van der Waals surface area contributed by atoms with Gasteiger partial charge in [0, 0.05) is 6.42 Å². The Bertz CT molecular complexity index is 1100. The monoisotopic (exact) mass is 898 g/mol. The van der Waals surface area contributed by atoms with E-state index in [0.717, 1.165) is 77.0 Å². The molecule has 374 valence electrons. The van der Waals surface area contributed by atoms with Crippen LogP contribution in [0.2, 0.25) is 0 Å². The summed E-state index contributed by atoms with van der Waals surface area (Å²) in [6.45, 7) is 6.38. The number of hydrogen-bond acceptors (Lipinski definition) is 5. The predicted molar refractivity (Wildman–Crippen MR) is 278 cm³/mol. The van der Waals surface area contributed by atoms with Crippen molar-refractivity contribution >= 4 is 11.9 Å². The van der Waals surface area contributed by atoms with Crippen LogP contribution in [0.15, 0.2) is 48.6 Å². The first kappa shape index (κ1) is 61.8. The zero-order chi connectivity index (χ0) is 46.7. The number of ether oxygens (including phenoxy) is 1. The van der Waals surface area contributed by atoms with Crippen LogP contribution >= 0.6 is 0 Å². The van der Waals surface area contributed by atoms with Crippen LogP contribution < -0.4 is 5.32 Å². The summed E-state index contributed by atoms with van der Waals surface area (Å²) in [5.41, 5.74) is 0. The highest BCUT2D eigenvalue weighted by molar-refractivity contribution is 5.77. The maximum absolute atomic E-state index is 13.2. The van der Waals surface area contributed by atoms with Crippen molar-refractivity contribution in [2.24, 2.45) is 0 Å². The molecule has 64 heavy (non-hydrogen) atoms. The molecule has 0 aromatic heterocycles. The number of allylic oxidation sites excluding steroid dienone is 8. The molecule has 6 heteroatoms. The van der Waals surface area contributed by atoms with Gasteiger partial charge in [0.25, 0.3) is 0 Å². The van der Waals surface area contributed by atoms with Crippen molar-refractivity contribution in [1.82, 2.24) is 5.32 Å². The molecule has 0 aliphatic heterocycles. The number of carbonyl (C=O) groups is 2. The molecule has 0 saturated carbocycles. The van der Waals surface area contributed by atoms with Crippen LogP contribution in [0.4, 0.5) is 0 Å². The molecule has 0 heterocycles. The minimum absolute atomic E-state index is 0.0427. The van der Waals surface area contributed by atoms with Gasteiger partial charge >= 0.3 is 5.97 Å². The molecule has 0 radical (unpaired) electrons. The van der Waals surface area contributed by atoms with Crippen molar-refractivity contribution in [3.8, 4) is 0 Å². The molecule has 0 aromatic carbocycles. The van der Waals surface area contributed by atoms with E-state index in [9.17, 15) is 19.8 Å². The smallest absolute Gasteiger partial charge is 0.306 e. The fraction of sp³-hybridized carbons (Fsp3) is 0.828. The normalized spacial score (nSPS) is 13.5. The number of aliphatic hydroxyl groups excluding tert-OH is 2. The second-order valence-corrected chi connectivity index (χ2v) is 19.0. The highest BCUT2D eigenvalue weighted by Gasteiger charge is 2.24. The van der Waals surface area contributed by atoms with Gasteiger partial charge in [-0.3, -0.25) is 9.59 Å². The minimum atomic E-state index is -0.801. The molecule has 0 bridgehead atoms. The Morgan fingerprint density at radius 3 is 1.25 bits per heavy atom. The van der Waals surface area contributed by atoms with E-state index in [0.29, 0.717) is 19.3 Å². The lowest BCUT2D eigenvalue weighted by atomic mass is 10.0. The molecule has 0 aliphatic carbocycles. The van der Waals surface area contributed by atoms with Crippen molar-refractivity contribution in [2.75, 3.05) is 6.61 Å². The molecule has 0 rings (SSSR count). The highest BCUT2D eigenvalue weighted by atomic mass is 16.5. The number of esters is 1. The molecular formula is C58H107NO5. The van der Waals surface area contributed by atoms with Crippen LogP contribution in [0.3, 0.4) is 0 Å². The molecule has 3 atom stereocenters. The fourth-order valence-corrected chi connectivity index (χ4v) is 8.49. The molecule has 3 unspecified atom stereocenters. The van der Waals surface area contributed by atoms with Crippen molar-refractivity contribution in [1.29, 1.82) is 0 Å². The molecular weight excluding hydrogens is 791 g/mol. The minimum Gasteiger partial charge on any atom is -0.462 e. The quantitative estimate of drug-likeness (QED) is 0.0321. The van der Waals surface area contributed by atoms with Gasteiger partial charge < -0.3 is 20.3 Å². The first-order valence-electron chi connectivity index (χ1n) is 27.9. The van der Waals surface area contributed by atoms with Gasteiger partial charge in [0.2, 0.25) is 5.91 Å². The maximum Gasteiger partial charge on any atom is 0.306 e. The van der Waals surface area contributed by atoms with Crippen LogP contribution in [0.5, 0.6) is 0 Å². The molecule has 3 N–H and O–H groups in total. The van der Waals surface area contributed by atoms with Crippen LogP contribution in [0.1, 0.15) is 284 Å². The number of nitrogens with one attached hydrogen (secondary N) is 1. The van der Waals surface area contributed by atoms with Gasteiger partial charge in [0.1, 0.15) is 6.10 Å². The van der Waals surface area contributed by atoms with Gasteiger partial charge in [-0.15, -0.1) is 0 Å². The van der Waals surface area contributed by atoms with E-state index in [-0.39, 0.29) is 24.9 Å². The van der Waals surface area contributed by atoms with Gasteiger partial charge in [-0.2, -0.15) is 0 Å². The number of carbonyl (C=O) groups excluding carboxylic acids is 2. The van der Waals surface area contributed by atoms with Crippen molar-refractivity contribution in [3.63, 3.8) is 0 Å². The van der Waals surface area contributed by atoms with Crippen molar-refractivity contribution in [2.45, 2.75) is 302 Å². The number of rotatable bonds is 50. The number of unbranched alkanes of at least 4 members (excludes halogenated alkanes) is 30.